The van der Waals surface area contributed by atoms with Crippen LogP contribution < -0.4 is 11.1 Å². The Morgan fingerprint density at radius 1 is 0.875 bits per heavy atom. The zero-order valence-corrected chi connectivity index (χ0v) is 14.2. The number of hydrogen-bond donors (Lipinski definition) is 0. The van der Waals surface area contributed by atoms with E-state index in [4.69, 9.17) is 11.6 Å². The Hall–Kier alpha value is -2.59. The average Bonchev–Trinajstić information content (AvgIpc) is 2.57. The first-order chi connectivity index (χ1) is 11.5. The van der Waals surface area contributed by atoms with Crippen LogP contribution in [0.3, 0.4) is 0 Å². The summed E-state index contributed by atoms with van der Waals surface area (Å²) in [5.41, 5.74) is 2.71. The minimum Gasteiger partial charge on any atom is -0.305 e. The third-order valence-corrected chi connectivity index (χ3v) is 4.35. The van der Waals surface area contributed by atoms with Gasteiger partial charge in [0.25, 0.3) is 0 Å². The predicted octanol–water partition coefficient (Wildman–Crippen LogP) is 3.32. The summed E-state index contributed by atoms with van der Waals surface area (Å²) in [5, 5.41) is 0.635. The Labute approximate surface area is 144 Å². The molecule has 3 aromatic rings. The minimum atomic E-state index is -0.560. The molecule has 0 N–H and O–H groups in total. The van der Waals surface area contributed by atoms with Gasteiger partial charge < -0.3 is 4.57 Å². The number of halogens is 1. The summed E-state index contributed by atoms with van der Waals surface area (Å²) in [4.78, 5) is 24.8. The molecule has 0 spiro atoms. The zero-order valence-electron chi connectivity index (χ0n) is 13.5. The molecule has 3 rings (SSSR count). The summed E-state index contributed by atoms with van der Waals surface area (Å²) in [7, 11) is 0. The number of rotatable bonds is 3. The van der Waals surface area contributed by atoms with Crippen LogP contribution in [0.1, 0.15) is 16.7 Å². The molecule has 0 unspecified atom stereocenters. The van der Waals surface area contributed by atoms with Crippen LogP contribution in [-0.2, 0) is 6.54 Å². The average molecular weight is 341 g/mol. The molecule has 1 aromatic heterocycles. The van der Waals surface area contributed by atoms with E-state index >= 15 is 0 Å². The van der Waals surface area contributed by atoms with E-state index in [1.165, 1.54) is 9.13 Å². The highest BCUT2D eigenvalue weighted by Crippen LogP contribution is 2.12. The van der Waals surface area contributed by atoms with Crippen LogP contribution in [0.25, 0.3) is 5.69 Å². The van der Waals surface area contributed by atoms with Gasteiger partial charge in [-0.3, -0.25) is 14.2 Å². The smallest absolute Gasteiger partial charge is 0.305 e. The quantitative estimate of drug-likeness (QED) is 0.686. The Kier molecular flexibility index (Phi) is 4.40. The van der Waals surface area contributed by atoms with Gasteiger partial charge in [0.05, 0.1) is 6.54 Å². The van der Waals surface area contributed by atoms with Gasteiger partial charge in [-0.05, 0) is 54.8 Å². The van der Waals surface area contributed by atoms with Crippen molar-refractivity contribution in [3.8, 4) is 5.69 Å². The lowest BCUT2D eigenvalue weighted by Crippen LogP contribution is -2.40. The maximum atomic E-state index is 12.4. The number of aromatic nitrogens is 2. The SMILES string of the molecule is Cc1ccc(-n2ccn(Cc3ccc(Cl)cc3)c(=O)c2=O)cc1C. The van der Waals surface area contributed by atoms with E-state index in [9.17, 15) is 9.59 Å². The minimum absolute atomic E-state index is 0.332. The molecule has 2 aromatic carbocycles. The van der Waals surface area contributed by atoms with E-state index in [-0.39, 0.29) is 0 Å². The normalized spacial score (nSPS) is 10.8. The standard InChI is InChI=1S/C19H17ClN2O2/c1-13-3-8-17(11-14(13)2)22-10-9-21(18(23)19(22)24)12-15-4-6-16(20)7-5-15/h3-11H,12H2,1-2H3. The molecule has 24 heavy (non-hydrogen) atoms. The fourth-order valence-electron chi connectivity index (χ4n) is 2.50. The molecule has 0 aliphatic carbocycles. The molecule has 0 atom stereocenters. The van der Waals surface area contributed by atoms with Crippen LogP contribution in [0.5, 0.6) is 0 Å². The molecule has 0 saturated carbocycles. The topological polar surface area (TPSA) is 44.0 Å². The van der Waals surface area contributed by atoms with Gasteiger partial charge in [-0.1, -0.05) is 29.8 Å². The van der Waals surface area contributed by atoms with Gasteiger partial charge in [-0.25, -0.2) is 0 Å². The first-order valence-electron chi connectivity index (χ1n) is 7.60. The highest BCUT2D eigenvalue weighted by molar-refractivity contribution is 6.30. The van der Waals surface area contributed by atoms with Gasteiger partial charge in [0.15, 0.2) is 0 Å². The van der Waals surface area contributed by atoms with Gasteiger partial charge in [0.1, 0.15) is 0 Å². The van der Waals surface area contributed by atoms with Crippen LogP contribution in [0.4, 0.5) is 0 Å². The molecule has 5 heteroatoms. The van der Waals surface area contributed by atoms with Crippen LogP contribution in [0.2, 0.25) is 5.02 Å². The number of aryl methyl sites for hydroxylation is 2. The molecule has 4 nitrogen and oxygen atoms in total. The molecule has 0 saturated heterocycles. The Balaban J connectivity index is 2.00. The molecule has 0 aliphatic heterocycles. The first-order valence-corrected chi connectivity index (χ1v) is 7.97. The molecule has 0 aliphatic rings. The van der Waals surface area contributed by atoms with Crippen LogP contribution >= 0.6 is 11.6 Å². The van der Waals surface area contributed by atoms with Crippen molar-refractivity contribution in [1.29, 1.82) is 0 Å². The van der Waals surface area contributed by atoms with E-state index in [1.807, 2.05) is 44.2 Å². The van der Waals surface area contributed by atoms with Crippen molar-refractivity contribution in [1.82, 2.24) is 9.13 Å². The highest BCUT2D eigenvalue weighted by atomic mass is 35.5. The third-order valence-electron chi connectivity index (χ3n) is 4.09. The summed E-state index contributed by atoms with van der Waals surface area (Å²) in [6, 6.07) is 12.9. The summed E-state index contributed by atoms with van der Waals surface area (Å²) >= 11 is 5.86. The molecular formula is C19H17ClN2O2. The fraction of sp³-hybridized carbons (Fsp3) is 0.158. The van der Waals surface area contributed by atoms with Crippen molar-refractivity contribution in [3.63, 3.8) is 0 Å². The summed E-state index contributed by atoms with van der Waals surface area (Å²) < 4.78 is 2.79. The van der Waals surface area contributed by atoms with Crippen LogP contribution in [0.15, 0.2) is 64.4 Å². The van der Waals surface area contributed by atoms with Gasteiger partial charge in [-0.2, -0.15) is 0 Å². The number of hydrogen-bond acceptors (Lipinski definition) is 2. The lowest BCUT2D eigenvalue weighted by atomic mass is 10.1. The van der Waals surface area contributed by atoms with Crippen molar-refractivity contribution in [2.75, 3.05) is 0 Å². The molecule has 0 bridgehead atoms. The lowest BCUT2D eigenvalue weighted by molar-refractivity contribution is 0.718. The zero-order chi connectivity index (χ0) is 17.3. The molecule has 0 radical (unpaired) electrons. The Bertz CT molecular complexity index is 1000. The summed E-state index contributed by atoms with van der Waals surface area (Å²) in [6.07, 6.45) is 3.26. The first kappa shape index (κ1) is 16.3. The second-order valence-electron chi connectivity index (χ2n) is 5.80. The van der Waals surface area contributed by atoms with Gasteiger partial charge in [0.2, 0.25) is 0 Å². The Morgan fingerprint density at radius 3 is 2.25 bits per heavy atom. The summed E-state index contributed by atoms with van der Waals surface area (Å²) in [5.74, 6) is 0. The van der Waals surface area contributed by atoms with E-state index in [0.29, 0.717) is 17.3 Å². The number of nitrogens with zero attached hydrogens (tertiary/aromatic N) is 2. The van der Waals surface area contributed by atoms with E-state index in [1.54, 1.807) is 24.5 Å². The summed E-state index contributed by atoms with van der Waals surface area (Å²) in [6.45, 7) is 4.32. The van der Waals surface area contributed by atoms with Crippen molar-refractivity contribution in [2.45, 2.75) is 20.4 Å². The van der Waals surface area contributed by atoms with Gasteiger partial charge >= 0.3 is 11.1 Å². The lowest BCUT2D eigenvalue weighted by Gasteiger charge is -2.10. The van der Waals surface area contributed by atoms with Gasteiger partial charge in [-0.15, -0.1) is 0 Å². The second kappa shape index (κ2) is 6.49. The van der Waals surface area contributed by atoms with Crippen molar-refractivity contribution in [2.24, 2.45) is 0 Å². The van der Waals surface area contributed by atoms with E-state index < -0.39 is 11.1 Å². The van der Waals surface area contributed by atoms with E-state index in [2.05, 4.69) is 0 Å². The highest BCUT2D eigenvalue weighted by Gasteiger charge is 2.08. The van der Waals surface area contributed by atoms with Gasteiger partial charge in [0, 0.05) is 23.1 Å². The second-order valence-corrected chi connectivity index (χ2v) is 6.24. The Morgan fingerprint density at radius 2 is 1.58 bits per heavy atom. The predicted molar refractivity (Wildman–Crippen MR) is 96.3 cm³/mol. The molecule has 0 fully saturated rings. The maximum absolute atomic E-state index is 12.4. The monoisotopic (exact) mass is 340 g/mol. The number of benzene rings is 2. The molecule has 122 valence electrons. The molecular weight excluding hydrogens is 324 g/mol. The largest absolute Gasteiger partial charge is 0.320 e. The third kappa shape index (κ3) is 3.19. The fourth-order valence-corrected chi connectivity index (χ4v) is 2.62. The van der Waals surface area contributed by atoms with Crippen LogP contribution in [0, 0.1) is 13.8 Å². The molecule has 0 amide bonds. The van der Waals surface area contributed by atoms with Crippen LogP contribution in [-0.4, -0.2) is 9.13 Å². The van der Waals surface area contributed by atoms with Crippen molar-refractivity contribution < 1.29 is 0 Å². The maximum Gasteiger partial charge on any atom is 0.320 e. The van der Waals surface area contributed by atoms with E-state index in [0.717, 1.165) is 16.7 Å². The van der Waals surface area contributed by atoms with Crippen molar-refractivity contribution >= 4 is 11.6 Å². The van der Waals surface area contributed by atoms with Crippen molar-refractivity contribution in [3.05, 3.63) is 97.3 Å². The molecule has 1 heterocycles.